The number of carbonyl (C=O) groups excluding carboxylic acids is 1. The van der Waals surface area contributed by atoms with Crippen molar-refractivity contribution in [3.05, 3.63) is 12.2 Å². The largest absolute Gasteiger partial charge is 0.462 e. The maximum absolute atomic E-state index is 10.4. The van der Waals surface area contributed by atoms with E-state index < -0.39 is 0 Å². The third kappa shape index (κ3) is 11.2. The Morgan fingerprint density at radius 2 is 2.00 bits per heavy atom. The summed E-state index contributed by atoms with van der Waals surface area (Å²) in [5, 5.41) is 0. The van der Waals surface area contributed by atoms with Gasteiger partial charge in [0.1, 0.15) is 6.61 Å². The van der Waals surface area contributed by atoms with Crippen LogP contribution in [0.15, 0.2) is 12.2 Å². The quantitative estimate of drug-likeness (QED) is 0.345. The first-order valence-corrected chi connectivity index (χ1v) is 5.05. The predicted molar refractivity (Wildman–Crippen MR) is 54.5 cm³/mol. The van der Waals surface area contributed by atoms with Gasteiger partial charge in [0.2, 0.25) is 0 Å². The molecule has 0 saturated carbocycles. The molecule has 0 amide bonds. The van der Waals surface area contributed by atoms with Crippen molar-refractivity contribution in [2.24, 2.45) is 0 Å². The van der Waals surface area contributed by atoms with E-state index in [1.165, 1.54) is 32.6 Å². The van der Waals surface area contributed by atoms with Crippen molar-refractivity contribution < 1.29 is 9.53 Å². The summed E-state index contributed by atoms with van der Waals surface area (Å²) in [7, 11) is 0. The van der Waals surface area contributed by atoms with Crippen LogP contribution in [-0.4, -0.2) is 12.6 Å². The second-order valence-electron chi connectivity index (χ2n) is 3.12. The molecule has 0 spiro atoms. The van der Waals surface area contributed by atoms with E-state index in [1.54, 1.807) is 0 Å². The second kappa shape index (κ2) is 9.30. The van der Waals surface area contributed by atoms with Crippen LogP contribution >= 0.6 is 0 Å². The number of allylic oxidation sites excluding steroid dienone is 1. The minimum atomic E-state index is -0.212. The van der Waals surface area contributed by atoms with Crippen molar-refractivity contribution in [2.45, 2.75) is 46.0 Å². The Morgan fingerprint density at radius 1 is 1.23 bits per heavy atom. The third-order valence-electron chi connectivity index (χ3n) is 1.77. The van der Waals surface area contributed by atoms with Crippen LogP contribution in [0, 0.1) is 0 Å². The molecule has 0 bridgehead atoms. The van der Waals surface area contributed by atoms with Crippen molar-refractivity contribution in [3.8, 4) is 0 Å². The molecule has 0 saturated heterocycles. The standard InChI is InChI=1S/C11H20O2/c1-3-4-5-6-7-8-9-10-13-11(2)12/h8-9H,3-7,10H2,1-2H3/b9-8-. The second-order valence-corrected chi connectivity index (χ2v) is 3.12. The lowest BCUT2D eigenvalue weighted by molar-refractivity contribution is -0.139. The first-order chi connectivity index (χ1) is 6.27. The van der Waals surface area contributed by atoms with Gasteiger partial charge in [-0.2, -0.15) is 0 Å². The lowest BCUT2D eigenvalue weighted by Gasteiger charge is -1.95. The van der Waals surface area contributed by atoms with Gasteiger partial charge in [0, 0.05) is 6.92 Å². The maximum atomic E-state index is 10.4. The number of unbranched alkanes of at least 4 members (excludes halogenated alkanes) is 4. The molecule has 0 unspecified atom stereocenters. The summed E-state index contributed by atoms with van der Waals surface area (Å²) in [6.07, 6.45) is 10.2. The summed E-state index contributed by atoms with van der Waals surface area (Å²) < 4.78 is 4.74. The first-order valence-electron chi connectivity index (χ1n) is 5.05. The molecule has 76 valence electrons. The van der Waals surface area contributed by atoms with Crippen LogP contribution in [0.3, 0.4) is 0 Å². The highest BCUT2D eigenvalue weighted by molar-refractivity contribution is 5.65. The Labute approximate surface area is 81.0 Å². The van der Waals surface area contributed by atoms with Crippen molar-refractivity contribution in [3.63, 3.8) is 0 Å². The van der Waals surface area contributed by atoms with Gasteiger partial charge in [-0.15, -0.1) is 0 Å². The Balaban J connectivity index is 3.08. The fourth-order valence-corrected chi connectivity index (χ4v) is 1.04. The van der Waals surface area contributed by atoms with Gasteiger partial charge in [0.25, 0.3) is 0 Å². The SMILES string of the molecule is CCCCCC/C=C\COC(C)=O. The van der Waals surface area contributed by atoms with Gasteiger partial charge in [0.05, 0.1) is 0 Å². The Hall–Kier alpha value is -0.790. The molecule has 0 aromatic heterocycles. The average molecular weight is 184 g/mol. The fraction of sp³-hybridized carbons (Fsp3) is 0.727. The Morgan fingerprint density at radius 3 is 2.62 bits per heavy atom. The lowest BCUT2D eigenvalue weighted by atomic mass is 10.1. The summed E-state index contributed by atoms with van der Waals surface area (Å²) in [5.41, 5.74) is 0. The molecule has 0 aliphatic carbocycles. The summed E-state index contributed by atoms with van der Waals surface area (Å²) >= 11 is 0. The van der Waals surface area contributed by atoms with E-state index in [4.69, 9.17) is 4.74 Å². The zero-order valence-electron chi connectivity index (χ0n) is 8.71. The summed E-state index contributed by atoms with van der Waals surface area (Å²) in [6.45, 7) is 4.05. The number of hydrogen-bond donors (Lipinski definition) is 0. The lowest BCUT2D eigenvalue weighted by Crippen LogP contribution is -1.97. The fourth-order valence-electron chi connectivity index (χ4n) is 1.04. The van der Waals surface area contributed by atoms with Gasteiger partial charge in [-0.05, 0) is 12.8 Å². The number of carbonyl (C=O) groups is 1. The van der Waals surface area contributed by atoms with Gasteiger partial charge in [0.15, 0.2) is 0 Å². The molecule has 2 heteroatoms. The molecule has 0 fully saturated rings. The van der Waals surface area contributed by atoms with E-state index >= 15 is 0 Å². The topological polar surface area (TPSA) is 26.3 Å². The molecule has 0 aromatic carbocycles. The van der Waals surface area contributed by atoms with Crippen LogP contribution in [-0.2, 0) is 9.53 Å². The Bertz CT molecular complexity index is 150. The van der Waals surface area contributed by atoms with Crippen molar-refractivity contribution in [1.29, 1.82) is 0 Å². The molecular formula is C11H20O2. The van der Waals surface area contributed by atoms with E-state index in [0.717, 1.165) is 6.42 Å². The monoisotopic (exact) mass is 184 g/mol. The zero-order valence-corrected chi connectivity index (χ0v) is 8.71. The smallest absolute Gasteiger partial charge is 0.302 e. The van der Waals surface area contributed by atoms with Gasteiger partial charge in [-0.1, -0.05) is 38.3 Å². The van der Waals surface area contributed by atoms with E-state index in [0.29, 0.717) is 6.61 Å². The summed E-state index contributed by atoms with van der Waals surface area (Å²) in [6, 6.07) is 0. The number of esters is 1. The van der Waals surface area contributed by atoms with Crippen LogP contribution in [0.5, 0.6) is 0 Å². The van der Waals surface area contributed by atoms with Crippen LogP contribution in [0.1, 0.15) is 46.0 Å². The molecule has 0 aromatic rings. The molecule has 0 aliphatic heterocycles. The number of rotatable bonds is 7. The minimum absolute atomic E-state index is 0.212. The molecule has 0 rings (SSSR count). The van der Waals surface area contributed by atoms with Gasteiger partial charge < -0.3 is 4.74 Å². The average Bonchev–Trinajstić information content (AvgIpc) is 2.09. The van der Waals surface area contributed by atoms with Crippen molar-refractivity contribution in [1.82, 2.24) is 0 Å². The number of ether oxygens (including phenoxy) is 1. The normalized spacial score (nSPS) is 10.6. The van der Waals surface area contributed by atoms with Crippen LogP contribution in [0.25, 0.3) is 0 Å². The third-order valence-corrected chi connectivity index (χ3v) is 1.77. The predicted octanol–water partition coefficient (Wildman–Crippen LogP) is 3.08. The highest BCUT2D eigenvalue weighted by Crippen LogP contribution is 2.02. The number of hydrogen-bond acceptors (Lipinski definition) is 2. The van der Waals surface area contributed by atoms with Crippen LogP contribution < -0.4 is 0 Å². The summed E-state index contributed by atoms with van der Waals surface area (Å²) in [4.78, 5) is 10.4. The molecule has 0 aliphatic rings. The Kier molecular flexibility index (Phi) is 8.73. The summed E-state index contributed by atoms with van der Waals surface area (Å²) in [5.74, 6) is -0.212. The zero-order chi connectivity index (χ0) is 9.94. The molecule has 0 atom stereocenters. The molecule has 2 nitrogen and oxygen atoms in total. The highest BCUT2D eigenvalue weighted by atomic mass is 16.5. The van der Waals surface area contributed by atoms with Crippen LogP contribution in [0.2, 0.25) is 0 Å². The maximum Gasteiger partial charge on any atom is 0.302 e. The van der Waals surface area contributed by atoms with Gasteiger partial charge in [-0.3, -0.25) is 4.79 Å². The van der Waals surface area contributed by atoms with E-state index in [9.17, 15) is 4.79 Å². The molecular weight excluding hydrogens is 164 g/mol. The molecule has 0 heterocycles. The first kappa shape index (κ1) is 12.2. The van der Waals surface area contributed by atoms with E-state index in [-0.39, 0.29) is 5.97 Å². The molecule has 0 radical (unpaired) electrons. The van der Waals surface area contributed by atoms with Crippen LogP contribution in [0.4, 0.5) is 0 Å². The van der Waals surface area contributed by atoms with E-state index in [2.05, 4.69) is 13.0 Å². The molecule has 13 heavy (non-hydrogen) atoms. The van der Waals surface area contributed by atoms with Gasteiger partial charge in [-0.25, -0.2) is 0 Å². The minimum Gasteiger partial charge on any atom is -0.462 e. The van der Waals surface area contributed by atoms with E-state index in [1.807, 2.05) is 6.08 Å². The van der Waals surface area contributed by atoms with Crippen molar-refractivity contribution in [2.75, 3.05) is 6.61 Å². The van der Waals surface area contributed by atoms with Crippen molar-refractivity contribution >= 4 is 5.97 Å². The molecule has 0 N–H and O–H groups in total. The highest BCUT2D eigenvalue weighted by Gasteiger charge is 1.87. The van der Waals surface area contributed by atoms with Gasteiger partial charge >= 0.3 is 5.97 Å².